The average Bonchev–Trinajstić information content (AvgIpc) is 1.85. The molecule has 4 nitrogen and oxygen atoms in total. The van der Waals surface area contributed by atoms with Crippen molar-refractivity contribution < 1.29 is 20.1 Å². The highest BCUT2D eigenvalue weighted by molar-refractivity contribution is 5.70. The van der Waals surface area contributed by atoms with E-state index >= 15 is 0 Å². The van der Waals surface area contributed by atoms with Gasteiger partial charge in [0, 0.05) is 0 Å². The van der Waals surface area contributed by atoms with Crippen LogP contribution in [-0.2, 0) is 4.79 Å². The minimum absolute atomic E-state index is 0.270. The smallest absolute Gasteiger partial charge is 0.306 e. The molecule has 0 bridgehead atoms. The lowest BCUT2D eigenvalue weighted by Crippen LogP contribution is -2.33. The number of carboxylic acid groups (broad SMARTS) is 1. The van der Waals surface area contributed by atoms with Gasteiger partial charge in [0.15, 0.2) is 0 Å². The molecule has 1 rings (SSSR count). The van der Waals surface area contributed by atoms with E-state index in [1.54, 1.807) is 0 Å². The van der Waals surface area contributed by atoms with E-state index < -0.39 is 24.1 Å². The van der Waals surface area contributed by atoms with Crippen molar-refractivity contribution in [3.63, 3.8) is 0 Å². The molecule has 0 aromatic heterocycles. The maximum atomic E-state index is 10.4. The van der Waals surface area contributed by atoms with Crippen molar-refractivity contribution in [2.45, 2.75) is 31.5 Å². The van der Waals surface area contributed by atoms with Crippen LogP contribution in [0, 0.1) is 5.92 Å². The number of aliphatic carboxylic acids is 1. The quantitative estimate of drug-likeness (QED) is 0.487. The number of carboxylic acids is 1. The van der Waals surface area contributed by atoms with Gasteiger partial charge in [0.25, 0.3) is 0 Å². The Kier molecular flexibility index (Phi) is 2.46. The van der Waals surface area contributed by atoms with Crippen LogP contribution in [0.2, 0.25) is 0 Å². The molecule has 0 heterocycles. The van der Waals surface area contributed by atoms with E-state index in [2.05, 4.69) is 0 Å². The number of rotatable bonds is 1. The van der Waals surface area contributed by atoms with E-state index in [4.69, 9.17) is 15.3 Å². The molecule has 0 radical (unpaired) electrons. The van der Waals surface area contributed by atoms with Crippen LogP contribution in [0.3, 0.4) is 0 Å². The summed E-state index contributed by atoms with van der Waals surface area (Å²) in [7, 11) is 0. The molecule has 0 amide bonds. The fraction of sp³-hybridized carbons (Fsp3) is 0.857. The van der Waals surface area contributed by atoms with Gasteiger partial charge in [-0.2, -0.15) is 0 Å². The minimum atomic E-state index is -0.928. The first-order chi connectivity index (χ1) is 5.09. The largest absolute Gasteiger partial charge is 0.481 e. The third kappa shape index (κ3) is 2.17. The maximum absolute atomic E-state index is 10.4. The van der Waals surface area contributed by atoms with Crippen LogP contribution >= 0.6 is 0 Å². The van der Waals surface area contributed by atoms with Crippen molar-refractivity contribution in [3.8, 4) is 0 Å². The van der Waals surface area contributed by atoms with Crippen LogP contribution in [0.5, 0.6) is 0 Å². The zero-order valence-corrected chi connectivity index (χ0v) is 6.10. The van der Waals surface area contributed by atoms with E-state index in [9.17, 15) is 4.79 Å². The Morgan fingerprint density at radius 2 is 1.55 bits per heavy atom. The monoisotopic (exact) mass is 160 g/mol. The molecular weight excluding hydrogens is 148 g/mol. The summed E-state index contributed by atoms with van der Waals surface area (Å²) in [6, 6.07) is 0. The molecule has 0 aromatic carbocycles. The van der Waals surface area contributed by atoms with Crippen molar-refractivity contribution in [2.24, 2.45) is 5.92 Å². The Balaban J connectivity index is 2.49. The highest BCUT2D eigenvalue weighted by Gasteiger charge is 2.30. The summed E-state index contributed by atoms with van der Waals surface area (Å²) in [5.74, 6) is -1.50. The maximum Gasteiger partial charge on any atom is 0.306 e. The van der Waals surface area contributed by atoms with Crippen molar-refractivity contribution >= 4 is 5.97 Å². The molecule has 0 saturated heterocycles. The minimum Gasteiger partial charge on any atom is -0.481 e. The summed E-state index contributed by atoms with van der Waals surface area (Å²) in [5.41, 5.74) is 0. The number of hydrogen-bond acceptors (Lipinski definition) is 3. The highest BCUT2D eigenvalue weighted by atomic mass is 16.4. The zero-order chi connectivity index (χ0) is 8.43. The van der Waals surface area contributed by atoms with Crippen LogP contribution < -0.4 is 0 Å². The molecule has 1 aliphatic carbocycles. The van der Waals surface area contributed by atoms with Gasteiger partial charge in [0.1, 0.15) is 0 Å². The van der Waals surface area contributed by atoms with Crippen LogP contribution in [0.15, 0.2) is 0 Å². The molecule has 64 valence electrons. The van der Waals surface area contributed by atoms with Gasteiger partial charge in [-0.25, -0.2) is 0 Å². The van der Waals surface area contributed by atoms with Crippen LogP contribution in [0.1, 0.15) is 19.3 Å². The molecule has 1 aliphatic rings. The summed E-state index contributed by atoms with van der Waals surface area (Å²) in [6.45, 7) is 0. The molecule has 3 N–H and O–H groups in total. The normalized spacial score (nSPS) is 38.5. The van der Waals surface area contributed by atoms with Gasteiger partial charge >= 0.3 is 5.97 Å². The second-order valence-electron chi connectivity index (χ2n) is 3.05. The summed E-state index contributed by atoms with van der Waals surface area (Å²) >= 11 is 0. The molecule has 0 aromatic rings. The van der Waals surface area contributed by atoms with E-state index in [1.807, 2.05) is 0 Å². The summed E-state index contributed by atoms with van der Waals surface area (Å²) < 4.78 is 0. The van der Waals surface area contributed by atoms with Gasteiger partial charge in [-0.1, -0.05) is 0 Å². The Morgan fingerprint density at radius 3 is 1.91 bits per heavy atom. The first-order valence-corrected chi connectivity index (χ1v) is 3.68. The summed E-state index contributed by atoms with van der Waals surface area (Å²) in [4.78, 5) is 10.4. The van der Waals surface area contributed by atoms with Gasteiger partial charge in [0.2, 0.25) is 0 Å². The third-order valence-corrected chi connectivity index (χ3v) is 2.01. The van der Waals surface area contributed by atoms with Crippen molar-refractivity contribution in [2.75, 3.05) is 0 Å². The number of carbonyl (C=O) groups is 1. The van der Waals surface area contributed by atoms with E-state index in [-0.39, 0.29) is 12.8 Å². The van der Waals surface area contributed by atoms with Gasteiger partial charge in [-0.15, -0.1) is 0 Å². The first kappa shape index (κ1) is 8.49. The van der Waals surface area contributed by atoms with Gasteiger partial charge in [0.05, 0.1) is 18.1 Å². The first-order valence-electron chi connectivity index (χ1n) is 3.68. The van der Waals surface area contributed by atoms with Crippen LogP contribution in [-0.4, -0.2) is 33.5 Å². The molecule has 11 heavy (non-hydrogen) atoms. The van der Waals surface area contributed by atoms with E-state index in [0.717, 1.165) is 0 Å². The van der Waals surface area contributed by atoms with Gasteiger partial charge < -0.3 is 15.3 Å². The second kappa shape index (κ2) is 3.19. The average molecular weight is 160 g/mol. The number of hydrogen-bond donors (Lipinski definition) is 3. The molecular formula is C7H12O4. The van der Waals surface area contributed by atoms with Crippen LogP contribution in [0.25, 0.3) is 0 Å². The summed E-state index contributed by atoms with van der Waals surface area (Å²) in [5, 5.41) is 26.7. The molecule has 0 spiro atoms. The standard InChI is InChI=1S/C7H12O4/c8-5-1-4(7(10)11)2-6(9)3-5/h4-6,8-9H,1-3H2,(H,10,11)/t4-,5+,6-. The third-order valence-electron chi connectivity index (χ3n) is 2.01. The topological polar surface area (TPSA) is 77.8 Å². The molecule has 0 unspecified atom stereocenters. The molecule has 1 fully saturated rings. The summed E-state index contributed by atoms with van der Waals surface area (Å²) in [6.07, 6.45) is -0.456. The fourth-order valence-electron chi connectivity index (χ4n) is 1.46. The zero-order valence-electron chi connectivity index (χ0n) is 6.10. The predicted octanol–water partition coefficient (Wildman–Crippen LogP) is -0.407. The van der Waals surface area contributed by atoms with Gasteiger partial charge in [-0.3, -0.25) is 4.79 Å². The van der Waals surface area contributed by atoms with E-state index in [0.29, 0.717) is 6.42 Å². The molecule has 0 aliphatic heterocycles. The van der Waals surface area contributed by atoms with Crippen molar-refractivity contribution in [1.82, 2.24) is 0 Å². The van der Waals surface area contributed by atoms with Gasteiger partial charge in [-0.05, 0) is 19.3 Å². The lowest BCUT2D eigenvalue weighted by atomic mass is 9.85. The Bertz CT molecular complexity index is 147. The number of aliphatic hydroxyl groups excluding tert-OH is 2. The Morgan fingerprint density at radius 1 is 1.09 bits per heavy atom. The van der Waals surface area contributed by atoms with E-state index in [1.165, 1.54) is 0 Å². The Labute approximate surface area is 64.5 Å². The Hall–Kier alpha value is -0.610. The lowest BCUT2D eigenvalue weighted by molar-refractivity contribution is -0.146. The SMILES string of the molecule is O=C(O)[C@@H]1C[C@H](O)C[C@H](O)C1. The molecule has 4 heteroatoms. The van der Waals surface area contributed by atoms with Crippen molar-refractivity contribution in [1.29, 1.82) is 0 Å². The fourth-order valence-corrected chi connectivity index (χ4v) is 1.46. The van der Waals surface area contributed by atoms with Crippen LogP contribution in [0.4, 0.5) is 0 Å². The highest BCUT2D eigenvalue weighted by Crippen LogP contribution is 2.24. The molecule has 1 saturated carbocycles. The van der Waals surface area contributed by atoms with Crippen molar-refractivity contribution in [3.05, 3.63) is 0 Å². The second-order valence-corrected chi connectivity index (χ2v) is 3.05. The predicted molar refractivity (Wildman–Crippen MR) is 37.0 cm³/mol. The molecule has 3 atom stereocenters. The number of aliphatic hydroxyl groups is 2. The lowest BCUT2D eigenvalue weighted by Gasteiger charge is -2.26.